The zero-order valence-corrected chi connectivity index (χ0v) is 31.3. The third-order valence-corrected chi connectivity index (χ3v) is 12.4. The molecule has 7 aromatic rings. The molecule has 1 aromatic heterocycles. The maximum Gasteiger partial charge on any atom is 0.0541 e. The first-order valence-corrected chi connectivity index (χ1v) is 20.1. The van der Waals surface area contributed by atoms with E-state index in [9.17, 15) is 0 Å². The Labute approximate surface area is 328 Å². The number of benzene rings is 6. The van der Waals surface area contributed by atoms with Crippen LogP contribution in [0.25, 0.3) is 45.4 Å². The van der Waals surface area contributed by atoms with Crippen LogP contribution in [0, 0.1) is 0 Å². The summed E-state index contributed by atoms with van der Waals surface area (Å²) in [6.45, 7) is 0. The van der Waals surface area contributed by atoms with Gasteiger partial charge < -0.3 is 9.47 Å². The number of hydrogen-bond acceptors (Lipinski definition) is 1. The molecule has 0 amide bonds. The molecule has 2 heterocycles. The second-order valence-electron chi connectivity index (χ2n) is 15.6. The standard InChI is InChI=1S/C54H42N2/c1-5-13-37(14-6-1)43-25-29-47-49-33-41(27-31-51(49)55(53(47)35-43)45-17-9-3-10-18-45)39-21-23-40(24-22-39)42-28-32-52-50(34-42)48-30-26-44(38-15-7-2-8-16-38)36-54(48)56(52)46-19-11-4-12-20-46/h1-15,17-24,26-33,35-36,38,43,50H,16,25,34H2. The number of nitrogens with zero attached hydrogens (tertiary/aromatic N) is 2. The lowest BCUT2D eigenvalue weighted by Gasteiger charge is -2.26. The average Bonchev–Trinajstić information content (AvgIpc) is 3.79. The molecule has 3 atom stereocenters. The van der Waals surface area contributed by atoms with Gasteiger partial charge in [0.05, 0.1) is 16.6 Å². The highest BCUT2D eigenvalue weighted by Gasteiger charge is 2.37. The first-order chi connectivity index (χ1) is 27.8. The first kappa shape index (κ1) is 32.8. The summed E-state index contributed by atoms with van der Waals surface area (Å²) in [6, 6.07) is 56.1. The number of aromatic nitrogens is 1. The van der Waals surface area contributed by atoms with Crippen molar-refractivity contribution in [2.75, 3.05) is 4.90 Å². The van der Waals surface area contributed by atoms with E-state index in [1.165, 1.54) is 83.2 Å². The lowest BCUT2D eigenvalue weighted by atomic mass is 9.83. The molecule has 2 heteroatoms. The summed E-state index contributed by atoms with van der Waals surface area (Å²) < 4.78 is 2.45. The minimum atomic E-state index is 0.317. The smallest absolute Gasteiger partial charge is 0.0541 e. The second kappa shape index (κ2) is 13.6. The highest BCUT2D eigenvalue weighted by Crippen LogP contribution is 2.53. The van der Waals surface area contributed by atoms with Gasteiger partial charge in [-0.3, -0.25) is 0 Å². The lowest BCUT2D eigenvalue weighted by molar-refractivity contribution is 0.829. The second-order valence-corrected chi connectivity index (χ2v) is 15.6. The molecular weight excluding hydrogens is 677 g/mol. The Morgan fingerprint density at radius 2 is 1.29 bits per heavy atom. The molecule has 56 heavy (non-hydrogen) atoms. The molecule has 4 aliphatic rings. The quantitative estimate of drug-likeness (QED) is 0.166. The molecule has 0 radical (unpaired) electrons. The van der Waals surface area contributed by atoms with Crippen LogP contribution in [0.4, 0.5) is 11.4 Å². The molecule has 11 rings (SSSR count). The maximum absolute atomic E-state index is 2.50. The van der Waals surface area contributed by atoms with Gasteiger partial charge in [-0.2, -0.15) is 0 Å². The van der Waals surface area contributed by atoms with Crippen molar-refractivity contribution >= 4 is 40.0 Å². The Balaban J connectivity index is 0.933. The summed E-state index contributed by atoms with van der Waals surface area (Å²) >= 11 is 0. The molecule has 3 unspecified atom stereocenters. The van der Waals surface area contributed by atoms with Gasteiger partial charge in [0.2, 0.25) is 0 Å². The van der Waals surface area contributed by atoms with Gasteiger partial charge in [-0.25, -0.2) is 0 Å². The fourth-order valence-electron chi connectivity index (χ4n) is 9.58. The summed E-state index contributed by atoms with van der Waals surface area (Å²) in [4.78, 5) is 2.50. The number of allylic oxidation sites excluding steroid dienone is 8. The van der Waals surface area contributed by atoms with Crippen LogP contribution in [-0.4, -0.2) is 4.57 Å². The van der Waals surface area contributed by atoms with Gasteiger partial charge in [0.15, 0.2) is 0 Å². The van der Waals surface area contributed by atoms with Crippen molar-refractivity contribution in [2.24, 2.45) is 0 Å². The highest BCUT2D eigenvalue weighted by molar-refractivity contribution is 5.90. The van der Waals surface area contributed by atoms with Crippen molar-refractivity contribution < 1.29 is 0 Å². The van der Waals surface area contributed by atoms with Crippen LogP contribution in [0.1, 0.15) is 59.3 Å². The number of rotatable bonds is 6. The number of fused-ring (bicyclic) bond motifs is 6. The molecule has 0 saturated heterocycles. The van der Waals surface area contributed by atoms with E-state index in [0.717, 1.165) is 19.3 Å². The van der Waals surface area contributed by atoms with E-state index in [1.54, 1.807) is 0 Å². The van der Waals surface area contributed by atoms with Crippen molar-refractivity contribution in [2.45, 2.75) is 37.0 Å². The van der Waals surface area contributed by atoms with Crippen LogP contribution < -0.4 is 15.5 Å². The molecule has 2 nitrogen and oxygen atoms in total. The molecule has 0 saturated carbocycles. The lowest BCUT2D eigenvalue weighted by Crippen LogP contribution is -2.31. The summed E-state index contributed by atoms with van der Waals surface area (Å²) in [5.74, 6) is 1.10. The van der Waals surface area contributed by atoms with Crippen molar-refractivity contribution in [3.8, 4) is 16.8 Å². The Hall–Kier alpha value is -6.64. The summed E-state index contributed by atoms with van der Waals surface area (Å²) in [7, 11) is 0. The van der Waals surface area contributed by atoms with Gasteiger partial charge in [-0.05, 0) is 107 Å². The van der Waals surface area contributed by atoms with Gasteiger partial charge >= 0.3 is 0 Å². The molecule has 0 bridgehead atoms. The molecule has 0 spiro atoms. The average molecular weight is 719 g/mol. The number of hydrogen-bond donors (Lipinski definition) is 0. The molecule has 268 valence electrons. The van der Waals surface area contributed by atoms with Gasteiger partial charge in [0.25, 0.3) is 0 Å². The van der Waals surface area contributed by atoms with E-state index in [2.05, 4.69) is 210 Å². The largest absolute Gasteiger partial charge is 0.313 e. The fourth-order valence-corrected chi connectivity index (χ4v) is 9.58. The van der Waals surface area contributed by atoms with Gasteiger partial charge in [0, 0.05) is 45.4 Å². The van der Waals surface area contributed by atoms with Crippen molar-refractivity contribution in [1.29, 1.82) is 0 Å². The Bertz CT molecular complexity index is 2870. The molecule has 0 fully saturated rings. The summed E-state index contributed by atoms with van der Waals surface area (Å²) in [5, 5.41) is 3.93. The normalized spacial score (nSPS) is 19.4. The zero-order chi connectivity index (χ0) is 37.0. The van der Waals surface area contributed by atoms with Crippen molar-refractivity contribution in [1.82, 2.24) is 4.57 Å². The van der Waals surface area contributed by atoms with Crippen molar-refractivity contribution in [3.63, 3.8) is 0 Å². The SMILES string of the molecule is C1=CCC(c2ccc3c(c2)N(c2ccccc2)C2=CC=C(c4ccc(-c5ccc6c(c5)c5c(n6-c6ccccc6)=CC(c6ccccc6)CC=5)cc4)CC23)C=C1. The molecule has 0 N–H and O–H groups in total. The third-order valence-electron chi connectivity index (χ3n) is 12.4. The van der Waals surface area contributed by atoms with E-state index >= 15 is 0 Å². The van der Waals surface area contributed by atoms with E-state index in [4.69, 9.17) is 0 Å². The highest BCUT2D eigenvalue weighted by atomic mass is 15.2. The van der Waals surface area contributed by atoms with Gasteiger partial charge in [0.1, 0.15) is 0 Å². The maximum atomic E-state index is 2.50. The predicted octanol–water partition coefficient (Wildman–Crippen LogP) is 12.3. The van der Waals surface area contributed by atoms with Crippen LogP contribution in [0.5, 0.6) is 0 Å². The Morgan fingerprint density at radius 1 is 0.554 bits per heavy atom. The molecule has 1 aliphatic heterocycles. The minimum Gasteiger partial charge on any atom is -0.313 e. The topological polar surface area (TPSA) is 8.17 Å². The van der Waals surface area contributed by atoms with E-state index < -0.39 is 0 Å². The van der Waals surface area contributed by atoms with Crippen molar-refractivity contribution in [3.05, 3.63) is 227 Å². The molecule has 6 aromatic carbocycles. The Morgan fingerprint density at radius 3 is 2.05 bits per heavy atom. The predicted molar refractivity (Wildman–Crippen MR) is 235 cm³/mol. The summed E-state index contributed by atoms with van der Waals surface area (Å²) in [5.41, 5.74) is 15.7. The minimum absolute atomic E-state index is 0.317. The number of anilines is 2. The monoisotopic (exact) mass is 718 g/mol. The van der Waals surface area contributed by atoms with E-state index in [0.29, 0.717) is 17.8 Å². The zero-order valence-electron chi connectivity index (χ0n) is 31.3. The van der Waals surface area contributed by atoms with E-state index in [1.807, 2.05) is 0 Å². The molecular formula is C54H42N2. The number of para-hydroxylation sites is 2. The van der Waals surface area contributed by atoms with Crippen LogP contribution in [0.3, 0.4) is 0 Å². The van der Waals surface area contributed by atoms with E-state index in [-0.39, 0.29) is 0 Å². The Kier molecular flexibility index (Phi) is 7.95. The third kappa shape index (κ3) is 5.56. The van der Waals surface area contributed by atoms with Gasteiger partial charge in [-0.1, -0.05) is 152 Å². The molecule has 3 aliphatic carbocycles. The van der Waals surface area contributed by atoms with Crippen LogP contribution >= 0.6 is 0 Å². The van der Waals surface area contributed by atoms with Gasteiger partial charge in [-0.15, -0.1) is 0 Å². The van der Waals surface area contributed by atoms with Crippen LogP contribution in [-0.2, 0) is 0 Å². The van der Waals surface area contributed by atoms with Crippen LogP contribution in [0.15, 0.2) is 194 Å². The fraction of sp³-hybridized carbons (Fsp3) is 0.111. The van der Waals surface area contributed by atoms with Crippen LogP contribution in [0.2, 0.25) is 0 Å². The summed E-state index contributed by atoms with van der Waals surface area (Å²) in [6.07, 6.45) is 21.7. The first-order valence-electron chi connectivity index (χ1n) is 20.1.